The van der Waals surface area contributed by atoms with Crippen LogP contribution in [0.3, 0.4) is 0 Å². The number of aromatic nitrogens is 2. The minimum Gasteiger partial charge on any atom is -0.334 e. The number of sulfonamides is 1. The Kier molecular flexibility index (Phi) is 5.85. The number of aryl methyl sites for hydroxylation is 1. The van der Waals surface area contributed by atoms with E-state index in [1.165, 1.54) is 22.9 Å². The molecule has 9 heteroatoms. The van der Waals surface area contributed by atoms with E-state index in [2.05, 4.69) is 10.3 Å². The monoisotopic (exact) mass is 408 g/mol. The first-order valence-corrected chi connectivity index (χ1v) is 10.7. The Morgan fingerprint density at radius 2 is 2.11 bits per heavy atom. The zero-order chi connectivity index (χ0) is 20.5. The molecule has 1 atom stereocenters. The summed E-state index contributed by atoms with van der Waals surface area (Å²) in [6.45, 7) is 5.95. The zero-order valence-electron chi connectivity index (χ0n) is 16.2. The zero-order valence-corrected chi connectivity index (χ0v) is 17.0. The Morgan fingerprint density at radius 3 is 2.75 bits per heavy atom. The van der Waals surface area contributed by atoms with Gasteiger partial charge in [0.1, 0.15) is 5.82 Å². The molecule has 1 aromatic carbocycles. The van der Waals surface area contributed by atoms with Crippen LogP contribution < -0.4 is 5.32 Å². The number of nitrogens with zero attached hydrogens (tertiary/aromatic N) is 3. The second kappa shape index (κ2) is 8.00. The van der Waals surface area contributed by atoms with Crippen LogP contribution in [-0.2, 0) is 14.8 Å². The Balaban J connectivity index is 1.71. The van der Waals surface area contributed by atoms with Crippen LogP contribution in [0.25, 0.3) is 0 Å². The van der Waals surface area contributed by atoms with Crippen LogP contribution in [-0.4, -0.2) is 41.3 Å². The molecule has 2 aromatic rings. The number of piperidine rings is 1. The minimum absolute atomic E-state index is 0.0112. The molecule has 0 unspecified atom stereocenters. The molecule has 28 heavy (non-hydrogen) atoms. The van der Waals surface area contributed by atoms with Crippen LogP contribution >= 0.6 is 0 Å². The lowest BCUT2D eigenvalue weighted by molar-refractivity contribution is -0.120. The van der Waals surface area contributed by atoms with E-state index in [1.807, 2.05) is 13.8 Å². The number of halogens is 1. The predicted molar refractivity (Wildman–Crippen MR) is 104 cm³/mol. The number of amides is 1. The molecule has 0 spiro atoms. The first-order valence-electron chi connectivity index (χ1n) is 9.29. The lowest BCUT2D eigenvalue weighted by atomic mass is 9.98. The number of hydrogen-bond donors (Lipinski definition) is 1. The Labute approximate surface area is 164 Å². The second-order valence-electron chi connectivity index (χ2n) is 7.41. The van der Waals surface area contributed by atoms with Gasteiger partial charge >= 0.3 is 0 Å². The molecule has 3 rings (SSSR count). The highest BCUT2D eigenvalue weighted by atomic mass is 32.2. The van der Waals surface area contributed by atoms with E-state index in [4.69, 9.17) is 0 Å². The molecule has 0 radical (unpaired) electrons. The van der Waals surface area contributed by atoms with E-state index >= 15 is 0 Å². The van der Waals surface area contributed by atoms with Gasteiger partial charge in [0.05, 0.1) is 12.2 Å². The van der Waals surface area contributed by atoms with Crippen LogP contribution in [0.5, 0.6) is 0 Å². The van der Waals surface area contributed by atoms with Crippen LogP contribution in [0, 0.1) is 18.7 Å². The molecule has 1 fully saturated rings. The molecule has 7 nitrogen and oxygen atoms in total. The van der Waals surface area contributed by atoms with Crippen molar-refractivity contribution in [2.24, 2.45) is 5.92 Å². The summed E-state index contributed by atoms with van der Waals surface area (Å²) in [6.07, 6.45) is 4.16. The molecular formula is C19H25FN4O3S. The average molecular weight is 408 g/mol. The van der Waals surface area contributed by atoms with E-state index in [0.717, 1.165) is 0 Å². The molecule has 1 aromatic heterocycles. The number of benzene rings is 1. The molecule has 2 heterocycles. The van der Waals surface area contributed by atoms with Crippen molar-refractivity contribution in [1.82, 2.24) is 13.9 Å². The highest BCUT2D eigenvalue weighted by Gasteiger charge is 2.34. The largest absolute Gasteiger partial charge is 0.334 e. The highest BCUT2D eigenvalue weighted by Crippen LogP contribution is 2.25. The van der Waals surface area contributed by atoms with Gasteiger partial charge < -0.3 is 9.88 Å². The van der Waals surface area contributed by atoms with Crippen molar-refractivity contribution >= 4 is 21.6 Å². The number of nitrogens with one attached hydrogen (secondary N) is 1. The van der Waals surface area contributed by atoms with Gasteiger partial charge in [-0.05, 0) is 51.3 Å². The summed E-state index contributed by atoms with van der Waals surface area (Å²) in [6, 6.07) is 4.59. The fourth-order valence-corrected chi connectivity index (χ4v) is 4.60. The van der Waals surface area contributed by atoms with E-state index in [0.29, 0.717) is 30.6 Å². The van der Waals surface area contributed by atoms with Gasteiger partial charge in [0.15, 0.2) is 5.03 Å². The van der Waals surface area contributed by atoms with Gasteiger partial charge in [0.2, 0.25) is 5.91 Å². The van der Waals surface area contributed by atoms with Gasteiger partial charge in [-0.25, -0.2) is 17.8 Å². The number of anilines is 1. The summed E-state index contributed by atoms with van der Waals surface area (Å²) >= 11 is 0. The second-order valence-corrected chi connectivity index (χ2v) is 9.29. The van der Waals surface area contributed by atoms with E-state index in [9.17, 15) is 17.6 Å². The first-order chi connectivity index (χ1) is 13.2. The smallest absolute Gasteiger partial charge is 0.262 e. The maximum Gasteiger partial charge on any atom is 0.262 e. The van der Waals surface area contributed by atoms with Crippen molar-refractivity contribution in [2.75, 3.05) is 18.4 Å². The summed E-state index contributed by atoms with van der Waals surface area (Å²) in [5.74, 6) is -1.21. The SMILES string of the molecule is Cc1ccc(NC(=O)[C@@H]2CCCN(S(=O)(=O)c3cn(C(C)C)cn3)C2)cc1F. The molecule has 0 aliphatic carbocycles. The van der Waals surface area contributed by atoms with Crippen molar-refractivity contribution in [2.45, 2.75) is 44.7 Å². The van der Waals surface area contributed by atoms with E-state index in [-0.39, 0.29) is 23.5 Å². The molecule has 1 saturated heterocycles. The molecule has 1 N–H and O–H groups in total. The lowest BCUT2D eigenvalue weighted by Gasteiger charge is -2.30. The number of imidazole rings is 1. The molecule has 0 saturated carbocycles. The third-order valence-electron chi connectivity index (χ3n) is 4.97. The lowest BCUT2D eigenvalue weighted by Crippen LogP contribution is -2.43. The third kappa shape index (κ3) is 4.25. The molecule has 0 bridgehead atoms. The summed E-state index contributed by atoms with van der Waals surface area (Å²) in [4.78, 5) is 16.6. The first kappa shape index (κ1) is 20.5. The average Bonchev–Trinajstić information content (AvgIpc) is 3.16. The Bertz CT molecular complexity index is 971. The van der Waals surface area contributed by atoms with Crippen molar-refractivity contribution in [3.05, 3.63) is 42.1 Å². The Morgan fingerprint density at radius 1 is 1.36 bits per heavy atom. The summed E-state index contributed by atoms with van der Waals surface area (Å²) < 4.78 is 42.5. The third-order valence-corrected chi connectivity index (χ3v) is 6.72. The van der Waals surface area contributed by atoms with Crippen molar-refractivity contribution in [3.63, 3.8) is 0 Å². The topological polar surface area (TPSA) is 84.3 Å². The fourth-order valence-electron chi connectivity index (χ4n) is 3.16. The highest BCUT2D eigenvalue weighted by molar-refractivity contribution is 7.89. The quantitative estimate of drug-likeness (QED) is 0.824. The molecule has 1 aliphatic heterocycles. The fraction of sp³-hybridized carbons (Fsp3) is 0.474. The van der Waals surface area contributed by atoms with Gasteiger partial charge in [0.25, 0.3) is 10.0 Å². The Hall–Kier alpha value is -2.26. The van der Waals surface area contributed by atoms with Gasteiger partial charge in [0, 0.05) is 31.0 Å². The molecule has 1 aliphatic rings. The molecule has 1 amide bonds. The maximum atomic E-state index is 13.7. The number of rotatable bonds is 5. The van der Waals surface area contributed by atoms with Crippen molar-refractivity contribution in [1.29, 1.82) is 0 Å². The van der Waals surface area contributed by atoms with Gasteiger partial charge in [-0.3, -0.25) is 4.79 Å². The minimum atomic E-state index is -3.76. The number of carbonyl (C=O) groups is 1. The molecular weight excluding hydrogens is 383 g/mol. The molecule has 152 valence electrons. The van der Waals surface area contributed by atoms with Crippen molar-refractivity contribution in [3.8, 4) is 0 Å². The van der Waals surface area contributed by atoms with Crippen LogP contribution in [0.4, 0.5) is 10.1 Å². The van der Waals surface area contributed by atoms with Crippen LogP contribution in [0.1, 0.15) is 38.3 Å². The van der Waals surface area contributed by atoms with Crippen LogP contribution in [0.2, 0.25) is 0 Å². The number of carbonyl (C=O) groups excluding carboxylic acids is 1. The predicted octanol–water partition coefficient (Wildman–Crippen LogP) is 2.95. The summed E-state index contributed by atoms with van der Waals surface area (Å²) in [5.41, 5.74) is 0.859. The van der Waals surface area contributed by atoms with E-state index < -0.39 is 21.8 Å². The van der Waals surface area contributed by atoms with E-state index in [1.54, 1.807) is 23.6 Å². The standard InChI is InChI=1S/C19H25FN4O3S/c1-13(2)23-11-18(21-12-23)28(26,27)24-8-4-5-15(10-24)19(25)22-16-7-6-14(3)17(20)9-16/h6-7,9,11-13,15H,4-5,8,10H2,1-3H3,(H,22,25)/t15-/m1/s1. The normalized spacial score (nSPS) is 18.4. The van der Waals surface area contributed by atoms with Gasteiger partial charge in [-0.1, -0.05) is 6.07 Å². The number of hydrogen-bond acceptors (Lipinski definition) is 4. The van der Waals surface area contributed by atoms with Crippen molar-refractivity contribution < 1.29 is 17.6 Å². The van der Waals surface area contributed by atoms with Crippen LogP contribution in [0.15, 0.2) is 35.7 Å². The maximum absolute atomic E-state index is 13.7. The van der Waals surface area contributed by atoms with Gasteiger partial charge in [-0.15, -0.1) is 0 Å². The summed E-state index contributed by atoms with van der Waals surface area (Å²) in [5, 5.41) is 2.68. The summed E-state index contributed by atoms with van der Waals surface area (Å²) in [7, 11) is -3.76. The van der Waals surface area contributed by atoms with Gasteiger partial charge in [-0.2, -0.15) is 4.31 Å².